The predicted molar refractivity (Wildman–Crippen MR) is 112 cm³/mol. The summed E-state index contributed by atoms with van der Waals surface area (Å²) in [6.45, 7) is 2.31. The topological polar surface area (TPSA) is 65.4 Å². The van der Waals surface area contributed by atoms with E-state index in [-0.39, 0.29) is 22.9 Å². The van der Waals surface area contributed by atoms with Crippen molar-refractivity contribution in [1.82, 2.24) is 4.98 Å². The summed E-state index contributed by atoms with van der Waals surface area (Å²) in [5.41, 5.74) is 2.33. The number of rotatable bonds is 6. The molecule has 0 aliphatic carbocycles. The first-order valence-corrected chi connectivity index (χ1v) is 9.47. The second kappa shape index (κ2) is 8.78. The lowest BCUT2D eigenvalue weighted by Gasteiger charge is -2.14. The monoisotopic (exact) mass is 420 g/mol. The number of aliphatic hydroxyl groups is 1. The maximum atomic E-state index is 14.5. The fourth-order valence-corrected chi connectivity index (χ4v) is 3.28. The van der Waals surface area contributed by atoms with E-state index in [4.69, 9.17) is 28.3 Å². The molecule has 3 N–H and O–H groups in total. The van der Waals surface area contributed by atoms with Crippen molar-refractivity contribution in [1.29, 1.82) is 0 Å². The van der Waals surface area contributed by atoms with Gasteiger partial charge in [-0.25, -0.2) is 9.37 Å². The minimum Gasteiger partial charge on any atom is -0.507 e. The highest BCUT2D eigenvalue weighted by Crippen LogP contribution is 2.38. The van der Waals surface area contributed by atoms with E-state index in [1.165, 1.54) is 12.1 Å². The fraction of sp³-hybridized carbons (Fsp3) is 0.190. The van der Waals surface area contributed by atoms with Crippen LogP contribution in [0.4, 0.5) is 10.2 Å². The zero-order chi connectivity index (χ0) is 20.3. The average molecular weight is 421 g/mol. The summed E-state index contributed by atoms with van der Waals surface area (Å²) in [4.78, 5) is 4.51. The van der Waals surface area contributed by atoms with Gasteiger partial charge in [0.2, 0.25) is 0 Å². The van der Waals surface area contributed by atoms with Gasteiger partial charge in [0.25, 0.3) is 0 Å². The minimum absolute atomic E-state index is 0.0208. The maximum absolute atomic E-state index is 14.5. The summed E-state index contributed by atoms with van der Waals surface area (Å²) in [7, 11) is 0. The van der Waals surface area contributed by atoms with Crippen LogP contribution in [0.15, 0.2) is 42.5 Å². The van der Waals surface area contributed by atoms with E-state index in [1.807, 2.05) is 0 Å². The Hall–Kier alpha value is -2.34. The molecule has 0 saturated carbocycles. The van der Waals surface area contributed by atoms with Crippen molar-refractivity contribution >= 4 is 29.0 Å². The Bertz CT molecular complexity index is 992. The van der Waals surface area contributed by atoms with E-state index in [0.717, 1.165) is 5.56 Å². The van der Waals surface area contributed by atoms with Gasteiger partial charge in [0.05, 0.1) is 10.7 Å². The Morgan fingerprint density at radius 3 is 2.61 bits per heavy atom. The van der Waals surface area contributed by atoms with E-state index >= 15 is 0 Å². The number of pyridine rings is 1. The zero-order valence-electron chi connectivity index (χ0n) is 15.1. The SMILES string of the molecule is Cc1cc(O)c(-c2cc(-c3c(F)cccc3Cl)cc(NCCCO)n2)cc1Cl. The van der Waals surface area contributed by atoms with Crippen LogP contribution in [0.3, 0.4) is 0 Å². The Labute approximate surface area is 172 Å². The van der Waals surface area contributed by atoms with Crippen molar-refractivity contribution in [2.45, 2.75) is 13.3 Å². The van der Waals surface area contributed by atoms with Gasteiger partial charge in [-0.1, -0.05) is 29.3 Å². The van der Waals surface area contributed by atoms with Crippen LogP contribution in [0.5, 0.6) is 5.75 Å². The number of nitrogens with one attached hydrogen (secondary N) is 1. The number of aromatic nitrogens is 1. The van der Waals surface area contributed by atoms with Crippen LogP contribution in [0, 0.1) is 12.7 Å². The molecular weight excluding hydrogens is 402 g/mol. The first-order chi connectivity index (χ1) is 13.4. The van der Waals surface area contributed by atoms with Crippen molar-refractivity contribution in [2.24, 2.45) is 0 Å². The van der Waals surface area contributed by atoms with Crippen LogP contribution >= 0.6 is 23.2 Å². The van der Waals surface area contributed by atoms with Gasteiger partial charge in [0, 0.05) is 29.3 Å². The average Bonchev–Trinajstić information content (AvgIpc) is 2.65. The van der Waals surface area contributed by atoms with Gasteiger partial charge < -0.3 is 15.5 Å². The molecule has 4 nitrogen and oxygen atoms in total. The molecule has 3 aromatic rings. The molecule has 0 saturated heterocycles. The molecule has 0 atom stereocenters. The quantitative estimate of drug-likeness (QED) is 0.449. The lowest BCUT2D eigenvalue weighted by molar-refractivity contribution is 0.292. The van der Waals surface area contributed by atoms with E-state index in [9.17, 15) is 9.50 Å². The van der Waals surface area contributed by atoms with Gasteiger partial charge in [-0.2, -0.15) is 0 Å². The van der Waals surface area contributed by atoms with Crippen LogP contribution in [0.2, 0.25) is 10.0 Å². The van der Waals surface area contributed by atoms with Crippen molar-refractivity contribution in [3.63, 3.8) is 0 Å². The van der Waals surface area contributed by atoms with Crippen LogP contribution in [0.1, 0.15) is 12.0 Å². The number of halogens is 3. The van der Waals surface area contributed by atoms with Gasteiger partial charge >= 0.3 is 0 Å². The maximum Gasteiger partial charge on any atom is 0.132 e. The van der Waals surface area contributed by atoms with Gasteiger partial charge in [-0.15, -0.1) is 0 Å². The second-order valence-electron chi connectivity index (χ2n) is 6.35. The Morgan fingerprint density at radius 2 is 1.89 bits per heavy atom. The number of phenolic OH excluding ortho intramolecular Hbond substituents is 1. The molecule has 0 fully saturated rings. The molecule has 3 rings (SSSR count). The lowest BCUT2D eigenvalue weighted by atomic mass is 10.0. The standard InChI is InChI=1S/C21H19Cl2FN2O2/c1-12-8-19(28)14(11-16(12)23)18-9-13(10-20(26-18)25-6-3-7-27)21-15(22)4-2-5-17(21)24/h2,4-5,8-11,27-28H,3,6-7H2,1H3,(H,25,26). The first-order valence-electron chi connectivity index (χ1n) is 8.71. The van der Waals surface area contributed by atoms with Gasteiger partial charge in [0.1, 0.15) is 17.4 Å². The third-order valence-corrected chi connectivity index (χ3v) is 4.99. The number of anilines is 1. The lowest BCUT2D eigenvalue weighted by Crippen LogP contribution is -2.06. The number of aliphatic hydroxyl groups excluding tert-OH is 1. The highest BCUT2D eigenvalue weighted by molar-refractivity contribution is 6.33. The molecule has 0 aliphatic heterocycles. The molecule has 28 heavy (non-hydrogen) atoms. The Kier molecular flexibility index (Phi) is 6.39. The molecule has 7 heteroatoms. The van der Waals surface area contributed by atoms with Crippen LogP contribution in [-0.4, -0.2) is 28.3 Å². The summed E-state index contributed by atoms with van der Waals surface area (Å²) < 4.78 is 14.5. The number of benzene rings is 2. The van der Waals surface area contributed by atoms with E-state index in [0.29, 0.717) is 40.6 Å². The summed E-state index contributed by atoms with van der Waals surface area (Å²) in [6.07, 6.45) is 0.531. The molecule has 0 amide bonds. The van der Waals surface area contributed by atoms with Crippen molar-refractivity contribution in [2.75, 3.05) is 18.5 Å². The number of hydrogen-bond donors (Lipinski definition) is 3. The molecule has 0 bridgehead atoms. The highest BCUT2D eigenvalue weighted by Gasteiger charge is 2.16. The van der Waals surface area contributed by atoms with Crippen molar-refractivity contribution in [3.8, 4) is 28.1 Å². The summed E-state index contributed by atoms with van der Waals surface area (Å²) in [5.74, 6) is 0.0287. The van der Waals surface area contributed by atoms with Crippen LogP contribution in [-0.2, 0) is 0 Å². The van der Waals surface area contributed by atoms with Gasteiger partial charge in [-0.3, -0.25) is 0 Å². The van der Waals surface area contributed by atoms with Gasteiger partial charge in [-0.05, 0) is 60.9 Å². The van der Waals surface area contributed by atoms with Crippen molar-refractivity contribution in [3.05, 3.63) is 63.9 Å². The molecule has 0 unspecified atom stereocenters. The van der Waals surface area contributed by atoms with E-state index < -0.39 is 5.82 Å². The normalized spacial score (nSPS) is 10.9. The summed E-state index contributed by atoms with van der Waals surface area (Å²) in [6, 6.07) is 11.0. The van der Waals surface area contributed by atoms with E-state index in [1.54, 1.807) is 37.3 Å². The minimum atomic E-state index is -0.461. The molecule has 0 radical (unpaired) electrons. The van der Waals surface area contributed by atoms with Crippen molar-refractivity contribution < 1.29 is 14.6 Å². The fourth-order valence-electron chi connectivity index (χ4n) is 2.84. The third-order valence-electron chi connectivity index (χ3n) is 4.27. The Morgan fingerprint density at radius 1 is 1.11 bits per heavy atom. The number of aromatic hydroxyl groups is 1. The predicted octanol–water partition coefficient (Wildman–Crippen LogP) is 5.67. The Balaban J connectivity index is 2.17. The zero-order valence-corrected chi connectivity index (χ0v) is 16.7. The number of phenols is 1. The molecule has 146 valence electrons. The largest absolute Gasteiger partial charge is 0.507 e. The van der Waals surface area contributed by atoms with Crippen LogP contribution < -0.4 is 5.32 Å². The molecule has 1 aromatic heterocycles. The smallest absolute Gasteiger partial charge is 0.132 e. The number of hydrogen-bond acceptors (Lipinski definition) is 4. The summed E-state index contributed by atoms with van der Waals surface area (Å²) >= 11 is 12.5. The second-order valence-corrected chi connectivity index (χ2v) is 7.16. The number of aryl methyl sites for hydroxylation is 1. The third kappa shape index (κ3) is 4.38. The molecular formula is C21H19Cl2FN2O2. The molecule has 2 aromatic carbocycles. The number of nitrogens with zero attached hydrogens (tertiary/aromatic N) is 1. The highest BCUT2D eigenvalue weighted by atomic mass is 35.5. The molecule has 1 heterocycles. The van der Waals surface area contributed by atoms with Gasteiger partial charge in [0.15, 0.2) is 0 Å². The van der Waals surface area contributed by atoms with Crippen LogP contribution in [0.25, 0.3) is 22.4 Å². The van der Waals surface area contributed by atoms with E-state index in [2.05, 4.69) is 10.3 Å². The molecule has 0 aliphatic rings. The summed E-state index contributed by atoms with van der Waals surface area (Å²) in [5, 5.41) is 23.2. The first kappa shape index (κ1) is 20.4. The molecule has 0 spiro atoms.